The van der Waals surface area contributed by atoms with Gasteiger partial charge in [-0.25, -0.2) is 4.98 Å². The van der Waals surface area contributed by atoms with Crippen molar-refractivity contribution in [1.29, 1.82) is 0 Å². The maximum absolute atomic E-state index is 5.95. The first-order valence-electron chi connectivity index (χ1n) is 6.83. The second kappa shape index (κ2) is 5.05. The Kier molecular flexibility index (Phi) is 3.25. The first-order chi connectivity index (χ1) is 9.29. The van der Waals surface area contributed by atoms with E-state index >= 15 is 0 Å². The monoisotopic (exact) mass is 256 g/mol. The quantitative estimate of drug-likeness (QED) is 0.864. The fourth-order valence-corrected chi connectivity index (χ4v) is 2.42. The van der Waals surface area contributed by atoms with Crippen LogP contribution in [0.15, 0.2) is 36.8 Å². The van der Waals surface area contributed by atoms with Crippen molar-refractivity contribution in [3.63, 3.8) is 0 Å². The van der Waals surface area contributed by atoms with Crippen molar-refractivity contribution in [2.75, 3.05) is 11.9 Å². The molecule has 1 aromatic carbocycles. The summed E-state index contributed by atoms with van der Waals surface area (Å²) >= 11 is 0. The predicted molar refractivity (Wildman–Crippen MR) is 77.1 cm³/mol. The molecule has 0 aliphatic heterocycles. The third-order valence-electron chi connectivity index (χ3n) is 3.70. The molecule has 4 nitrogen and oxygen atoms in total. The van der Waals surface area contributed by atoms with Gasteiger partial charge in [0.1, 0.15) is 0 Å². The number of aromatic nitrogens is 2. The Balaban J connectivity index is 1.84. The van der Waals surface area contributed by atoms with E-state index in [1.165, 1.54) is 24.1 Å². The molecule has 3 N–H and O–H groups in total. The van der Waals surface area contributed by atoms with E-state index in [-0.39, 0.29) is 6.04 Å². The summed E-state index contributed by atoms with van der Waals surface area (Å²) in [7, 11) is 0. The van der Waals surface area contributed by atoms with E-state index in [1.807, 2.05) is 24.7 Å². The summed E-state index contributed by atoms with van der Waals surface area (Å²) in [6.07, 6.45) is 6.37. The molecule has 1 atom stereocenters. The number of aryl methyl sites for hydroxylation is 1. The van der Waals surface area contributed by atoms with Gasteiger partial charge in [0.2, 0.25) is 0 Å². The van der Waals surface area contributed by atoms with Crippen molar-refractivity contribution in [3.8, 4) is 0 Å². The van der Waals surface area contributed by atoms with Crippen molar-refractivity contribution in [2.45, 2.75) is 31.8 Å². The van der Waals surface area contributed by atoms with Crippen molar-refractivity contribution < 1.29 is 0 Å². The largest absolute Gasteiger partial charge is 0.375 e. The molecule has 0 spiro atoms. The van der Waals surface area contributed by atoms with Crippen molar-refractivity contribution in [2.24, 2.45) is 5.73 Å². The number of benzene rings is 1. The first kappa shape index (κ1) is 12.2. The zero-order chi connectivity index (χ0) is 13.2. The highest BCUT2D eigenvalue weighted by molar-refractivity contribution is 5.51. The first-order valence-corrected chi connectivity index (χ1v) is 6.83. The fraction of sp³-hybridized carbons (Fsp3) is 0.400. The molecule has 0 bridgehead atoms. The zero-order valence-electron chi connectivity index (χ0n) is 11.2. The molecular formula is C15H20N4. The number of para-hydroxylation sites is 1. The number of hydrogen-bond donors (Lipinski definition) is 2. The molecule has 3 rings (SSSR count). The van der Waals surface area contributed by atoms with E-state index in [1.54, 1.807) is 0 Å². The Labute approximate surface area is 113 Å². The van der Waals surface area contributed by atoms with E-state index in [2.05, 4.69) is 33.9 Å². The Bertz CT molecular complexity index is 557. The third kappa shape index (κ3) is 2.49. The Morgan fingerprint density at radius 1 is 1.42 bits per heavy atom. The molecule has 0 amide bonds. The van der Waals surface area contributed by atoms with Gasteiger partial charge in [0, 0.05) is 18.3 Å². The molecule has 4 heteroatoms. The van der Waals surface area contributed by atoms with Crippen LogP contribution in [0, 0.1) is 6.92 Å². The van der Waals surface area contributed by atoms with Gasteiger partial charge in [-0.05, 0) is 31.4 Å². The van der Waals surface area contributed by atoms with Crippen molar-refractivity contribution in [1.82, 2.24) is 9.55 Å². The highest BCUT2D eigenvalue weighted by Crippen LogP contribution is 2.37. The lowest BCUT2D eigenvalue weighted by molar-refractivity contribution is 0.642. The number of nitrogens with one attached hydrogen (secondary N) is 1. The van der Waals surface area contributed by atoms with Crippen LogP contribution < -0.4 is 11.1 Å². The fourth-order valence-electron chi connectivity index (χ4n) is 2.42. The highest BCUT2D eigenvalue weighted by atomic mass is 15.1. The molecule has 19 heavy (non-hydrogen) atoms. The van der Waals surface area contributed by atoms with E-state index < -0.39 is 0 Å². The summed E-state index contributed by atoms with van der Waals surface area (Å²) in [5.41, 5.74) is 9.51. The molecule has 0 saturated heterocycles. The minimum Gasteiger partial charge on any atom is -0.375 e. The van der Waals surface area contributed by atoms with Crippen LogP contribution in [0.5, 0.6) is 0 Å². The average Bonchev–Trinajstić information content (AvgIpc) is 3.16. The lowest BCUT2D eigenvalue weighted by Crippen LogP contribution is -2.23. The van der Waals surface area contributed by atoms with Gasteiger partial charge in [0.05, 0.1) is 24.3 Å². The number of rotatable bonds is 5. The van der Waals surface area contributed by atoms with Gasteiger partial charge in [-0.15, -0.1) is 0 Å². The van der Waals surface area contributed by atoms with Crippen molar-refractivity contribution >= 4 is 5.69 Å². The van der Waals surface area contributed by atoms with Crippen LogP contribution in [-0.4, -0.2) is 16.1 Å². The highest BCUT2D eigenvalue weighted by Gasteiger charge is 2.27. The van der Waals surface area contributed by atoms with Gasteiger partial charge in [-0.3, -0.25) is 0 Å². The molecule has 1 aliphatic rings. The number of nitrogens with two attached hydrogens (primary N) is 1. The van der Waals surface area contributed by atoms with Gasteiger partial charge >= 0.3 is 0 Å². The second-order valence-corrected chi connectivity index (χ2v) is 5.20. The predicted octanol–water partition coefficient (Wildman–Crippen LogP) is 2.64. The van der Waals surface area contributed by atoms with Gasteiger partial charge in [0.15, 0.2) is 0 Å². The van der Waals surface area contributed by atoms with Crippen LogP contribution in [0.2, 0.25) is 0 Å². The summed E-state index contributed by atoms with van der Waals surface area (Å²) in [4.78, 5) is 4.28. The van der Waals surface area contributed by atoms with E-state index in [9.17, 15) is 0 Å². The second-order valence-electron chi connectivity index (χ2n) is 5.20. The SMILES string of the molecule is Cc1ccccc1NC(CN)c1cncn1C1CC1. The van der Waals surface area contributed by atoms with Gasteiger partial charge < -0.3 is 15.6 Å². The molecular weight excluding hydrogens is 236 g/mol. The molecule has 1 fully saturated rings. The van der Waals surface area contributed by atoms with Crippen LogP contribution in [0.25, 0.3) is 0 Å². The smallest absolute Gasteiger partial charge is 0.0951 e. The number of hydrogen-bond acceptors (Lipinski definition) is 3. The molecule has 1 heterocycles. The summed E-state index contributed by atoms with van der Waals surface area (Å²) in [5, 5.41) is 3.54. The van der Waals surface area contributed by atoms with Crippen LogP contribution in [-0.2, 0) is 0 Å². The number of anilines is 1. The summed E-state index contributed by atoms with van der Waals surface area (Å²) in [6, 6.07) is 9.03. The van der Waals surface area contributed by atoms with E-state index in [0.29, 0.717) is 12.6 Å². The average molecular weight is 256 g/mol. The Morgan fingerprint density at radius 3 is 2.89 bits per heavy atom. The lowest BCUT2D eigenvalue weighted by atomic mass is 10.1. The van der Waals surface area contributed by atoms with Crippen molar-refractivity contribution in [3.05, 3.63) is 48.0 Å². The molecule has 1 unspecified atom stereocenters. The van der Waals surface area contributed by atoms with Gasteiger partial charge in [0.25, 0.3) is 0 Å². The molecule has 1 saturated carbocycles. The third-order valence-corrected chi connectivity index (χ3v) is 3.70. The molecule has 0 radical (unpaired) electrons. The zero-order valence-corrected chi connectivity index (χ0v) is 11.2. The van der Waals surface area contributed by atoms with Crippen LogP contribution >= 0.6 is 0 Å². The molecule has 1 aliphatic carbocycles. The van der Waals surface area contributed by atoms with E-state index in [4.69, 9.17) is 5.73 Å². The topological polar surface area (TPSA) is 55.9 Å². The summed E-state index contributed by atoms with van der Waals surface area (Å²) < 4.78 is 2.27. The normalized spacial score (nSPS) is 16.3. The summed E-state index contributed by atoms with van der Waals surface area (Å²) in [5.74, 6) is 0. The van der Waals surface area contributed by atoms with Crippen LogP contribution in [0.4, 0.5) is 5.69 Å². The molecule has 2 aromatic rings. The number of imidazole rings is 1. The maximum Gasteiger partial charge on any atom is 0.0951 e. The van der Waals surface area contributed by atoms with Gasteiger partial charge in [-0.1, -0.05) is 18.2 Å². The van der Waals surface area contributed by atoms with Crippen LogP contribution in [0.3, 0.4) is 0 Å². The molecule has 100 valence electrons. The lowest BCUT2D eigenvalue weighted by Gasteiger charge is -2.21. The Hall–Kier alpha value is -1.81. The number of nitrogens with zero attached hydrogens (tertiary/aromatic N) is 2. The van der Waals surface area contributed by atoms with Gasteiger partial charge in [-0.2, -0.15) is 0 Å². The maximum atomic E-state index is 5.95. The Morgan fingerprint density at radius 2 is 2.21 bits per heavy atom. The molecule has 1 aromatic heterocycles. The minimum atomic E-state index is 0.115. The minimum absolute atomic E-state index is 0.115. The standard InChI is InChI=1S/C15H20N4/c1-11-4-2-3-5-13(11)18-14(8-16)15-9-17-10-19(15)12-6-7-12/h2-5,9-10,12,14,18H,6-8,16H2,1H3. The van der Waals surface area contributed by atoms with E-state index in [0.717, 1.165) is 5.69 Å². The van der Waals surface area contributed by atoms with Crippen LogP contribution in [0.1, 0.15) is 36.2 Å². The summed E-state index contributed by atoms with van der Waals surface area (Å²) in [6.45, 7) is 2.67.